The zero-order valence-electron chi connectivity index (χ0n) is 15.4. The Kier molecular flexibility index (Phi) is 4.89. The molecule has 4 rings (SSSR count). The topological polar surface area (TPSA) is 56.1 Å². The van der Waals surface area contributed by atoms with Crippen molar-refractivity contribution in [2.45, 2.75) is 0 Å². The van der Waals surface area contributed by atoms with Gasteiger partial charge in [0, 0.05) is 17.4 Å². The lowest BCUT2D eigenvalue weighted by atomic mass is 10.0. The Bertz CT molecular complexity index is 1070. The van der Waals surface area contributed by atoms with Gasteiger partial charge in [0.1, 0.15) is 5.75 Å². The van der Waals surface area contributed by atoms with E-state index in [9.17, 15) is 4.79 Å². The van der Waals surface area contributed by atoms with Gasteiger partial charge in [-0.3, -0.25) is 0 Å². The molecule has 1 heterocycles. The van der Waals surface area contributed by atoms with Gasteiger partial charge in [-0.15, -0.1) is 0 Å². The van der Waals surface area contributed by atoms with E-state index >= 15 is 0 Å². The van der Waals surface area contributed by atoms with Crippen molar-refractivity contribution in [3.8, 4) is 28.1 Å². The van der Waals surface area contributed by atoms with Crippen molar-refractivity contribution in [1.29, 1.82) is 0 Å². The molecule has 0 aliphatic heterocycles. The number of carbonyl (C=O) groups is 1. The summed E-state index contributed by atoms with van der Waals surface area (Å²) < 4.78 is 6.41. The number of benzene rings is 3. The smallest absolute Gasteiger partial charge is 0.346 e. The maximum Gasteiger partial charge on any atom is 0.346 e. The fourth-order valence-electron chi connectivity index (χ4n) is 2.91. The number of anilines is 1. The Labute approximate surface area is 163 Å². The first-order valence-corrected chi connectivity index (χ1v) is 8.90. The van der Waals surface area contributed by atoms with Crippen LogP contribution in [0.25, 0.3) is 22.4 Å². The van der Waals surface area contributed by atoms with Crippen molar-refractivity contribution in [2.75, 3.05) is 12.4 Å². The van der Waals surface area contributed by atoms with Gasteiger partial charge < -0.3 is 10.1 Å². The number of hydrogen-bond donors (Lipinski definition) is 1. The standard InChI is InChI=1S/C23H19N3O2/c1-28-21-13-11-20(12-14-21)24-23(27)26-16-15-22(25-26)19-9-7-18(8-10-19)17-5-3-2-4-6-17/h2-16H,1H3,(H,24,27). The van der Waals surface area contributed by atoms with Crippen LogP contribution in [0.5, 0.6) is 5.75 Å². The second-order valence-electron chi connectivity index (χ2n) is 6.25. The fourth-order valence-corrected chi connectivity index (χ4v) is 2.91. The van der Waals surface area contributed by atoms with Crippen LogP contribution in [-0.4, -0.2) is 22.9 Å². The molecule has 0 atom stereocenters. The van der Waals surface area contributed by atoms with E-state index in [4.69, 9.17) is 4.74 Å². The van der Waals surface area contributed by atoms with E-state index in [2.05, 4.69) is 34.7 Å². The van der Waals surface area contributed by atoms with Gasteiger partial charge in [0.15, 0.2) is 0 Å². The molecule has 4 aromatic rings. The van der Waals surface area contributed by atoms with Gasteiger partial charge >= 0.3 is 6.03 Å². The Hall–Kier alpha value is -3.86. The van der Waals surface area contributed by atoms with Gasteiger partial charge in [0.2, 0.25) is 0 Å². The zero-order chi connectivity index (χ0) is 19.3. The number of nitrogens with one attached hydrogen (secondary N) is 1. The van der Waals surface area contributed by atoms with Crippen molar-refractivity contribution < 1.29 is 9.53 Å². The molecule has 0 radical (unpaired) electrons. The van der Waals surface area contributed by atoms with E-state index in [1.54, 1.807) is 37.6 Å². The molecule has 0 saturated carbocycles. The lowest BCUT2D eigenvalue weighted by Gasteiger charge is -2.06. The molecular formula is C23H19N3O2. The SMILES string of the molecule is COc1ccc(NC(=O)n2ccc(-c3ccc(-c4ccccc4)cc3)n2)cc1. The molecule has 1 amide bonds. The number of rotatable bonds is 4. The number of ether oxygens (including phenoxy) is 1. The average molecular weight is 369 g/mol. The number of nitrogens with zero attached hydrogens (tertiary/aromatic N) is 2. The third-order valence-electron chi connectivity index (χ3n) is 4.43. The van der Waals surface area contributed by atoms with Gasteiger partial charge in [0.25, 0.3) is 0 Å². The summed E-state index contributed by atoms with van der Waals surface area (Å²) in [7, 11) is 1.60. The Balaban J connectivity index is 1.48. The summed E-state index contributed by atoms with van der Waals surface area (Å²) in [6, 6.07) is 27.0. The van der Waals surface area contributed by atoms with Gasteiger partial charge in [-0.05, 0) is 41.5 Å². The third kappa shape index (κ3) is 3.78. The van der Waals surface area contributed by atoms with Crippen LogP contribution in [-0.2, 0) is 0 Å². The summed E-state index contributed by atoms with van der Waals surface area (Å²) in [5.74, 6) is 0.735. The minimum Gasteiger partial charge on any atom is -0.497 e. The largest absolute Gasteiger partial charge is 0.497 e. The molecule has 0 aliphatic rings. The predicted molar refractivity (Wildman–Crippen MR) is 111 cm³/mol. The van der Waals surface area contributed by atoms with E-state index < -0.39 is 0 Å². The molecule has 5 nitrogen and oxygen atoms in total. The van der Waals surface area contributed by atoms with E-state index in [0.29, 0.717) is 5.69 Å². The quantitative estimate of drug-likeness (QED) is 0.531. The van der Waals surface area contributed by atoms with Crippen LogP contribution in [0, 0.1) is 0 Å². The minimum absolute atomic E-state index is 0.322. The highest BCUT2D eigenvalue weighted by atomic mass is 16.5. The van der Waals surface area contributed by atoms with Crippen molar-refractivity contribution in [2.24, 2.45) is 0 Å². The van der Waals surface area contributed by atoms with Gasteiger partial charge in [-0.1, -0.05) is 54.6 Å². The molecule has 1 N–H and O–H groups in total. The van der Waals surface area contributed by atoms with Gasteiger partial charge in [-0.2, -0.15) is 9.78 Å². The maximum atomic E-state index is 12.4. The van der Waals surface area contributed by atoms with Crippen LogP contribution in [0.15, 0.2) is 91.1 Å². The highest BCUT2D eigenvalue weighted by Gasteiger charge is 2.09. The number of amides is 1. The Morgan fingerprint density at radius 2 is 1.46 bits per heavy atom. The average Bonchev–Trinajstić information content (AvgIpc) is 3.26. The number of carbonyl (C=O) groups excluding carboxylic acids is 1. The molecule has 0 spiro atoms. The van der Waals surface area contributed by atoms with Crippen LogP contribution < -0.4 is 10.1 Å². The minimum atomic E-state index is -0.322. The molecule has 0 saturated heterocycles. The van der Waals surface area contributed by atoms with Crippen LogP contribution in [0.1, 0.15) is 0 Å². The van der Waals surface area contributed by atoms with Gasteiger partial charge in [-0.25, -0.2) is 4.79 Å². The molecule has 3 aromatic carbocycles. The predicted octanol–water partition coefficient (Wildman–Crippen LogP) is 5.31. The maximum absolute atomic E-state index is 12.4. The molecule has 5 heteroatoms. The Morgan fingerprint density at radius 1 is 0.821 bits per heavy atom. The first-order chi connectivity index (χ1) is 13.7. The summed E-state index contributed by atoms with van der Waals surface area (Å²) >= 11 is 0. The molecule has 0 fully saturated rings. The van der Waals surface area contributed by atoms with Crippen LogP contribution >= 0.6 is 0 Å². The number of hydrogen-bond acceptors (Lipinski definition) is 3. The molecule has 138 valence electrons. The van der Waals surface area contributed by atoms with E-state index in [0.717, 1.165) is 22.6 Å². The first kappa shape index (κ1) is 17.5. The number of methoxy groups -OCH3 is 1. The number of aromatic nitrogens is 2. The fraction of sp³-hybridized carbons (Fsp3) is 0.0435. The molecule has 0 aliphatic carbocycles. The summed E-state index contributed by atoms with van der Waals surface area (Å²) in [6.45, 7) is 0. The van der Waals surface area contributed by atoms with Crippen molar-refractivity contribution in [3.05, 3.63) is 91.1 Å². The van der Waals surface area contributed by atoms with Crippen molar-refractivity contribution in [3.63, 3.8) is 0 Å². The summed E-state index contributed by atoms with van der Waals surface area (Å²) in [4.78, 5) is 12.4. The lowest BCUT2D eigenvalue weighted by Crippen LogP contribution is -2.19. The third-order valence-corrected chi connectivity index (χ3v) is 4.43. The summed E-state index contributed by atoms with van der Waals surface area (Å²) in [5.41, 5.74) is 4.68. The zero-order valence-corrected chi connectivity index (χ0v) is 15.4. The Morgan fingerprint density at radius 3 is 2.14 bits per heavy atom. The lowest BCUT2D eigenvalue weighted by molar-refractivity contribution is 0.251. The van der Waals surface area contributed by atoms with Crippen LogP contribution in [0.2, 0.25) is 0 Å². The van der Waals surface area contributed by atoms with Crippen molar-refractivity contribution >= 4 is 11.7 Å². The normalized spacial score (nSPS) is 10.5. The van der Waals surface area contributed by atoms with Crippen LogP contribution in [0.4, 0.5) is 10.5 Å². The monoisotopic (exact) mass is 369 g/mol. The van der Waals surface area contributed by atoms with Crippen LogP contribution in [0.3, 0.4) is 0 Å². The van der Waals surface area contributed by atoms with E-state index in [1.165, 1.54) is 10.2 Å². The molecule has 1 aromatic heterocycles. The molecule has 0 unspecified atom stereocenters. The summed E-state index contributed by atoms with van der Waals surface area (Å²) in [5, 5.41) is 7.20. The summed E-state index contributed by atoms with van der Waals surface area (Å²) in [6.07, 6.45) is 1.65. The molecular weight excluding hydrogens is 350 g/mol. The van der Waals surface area contributed by atoms with Crippen molar-refractivity contribution in [1.82, 2.24) is 9.78 Å². The molecule has 28 heavy (non-hydrogen) atoms. The first-order valence-electron chi connectivity index (χ1n) is 8.90. The highest BCUT2D eigenvalue weighted by molar-refractivity contribution is 5.90. The highest BCUT2D eigenvalue weighted by Crippen LogP contribution is 2.24. The molecule has 0 bridgehead atoms. The van der Waals surface area contributed by atoms with Gasteiger partial charge in [0.05, 0.1) is 12.8 Å². The van der Waals surface area contributed by atoms with E-state index in [-0.39, 0.29) is 6.03 Å². The second-order valence-corrected chi connectivity index (χ2v) is 6.25. The second kappa shape index (κ2) is 7.80. The van der Waals surface area contributed by atoms with E-state index in [1.807, 2.05) is 36.4 Å².